The van der Waals surface area contributed by atoms with E-state index in [-0.39, 0.29) is 16.7 Å². The van der Waals surface area contributed by atoms with E-state index in [4.69, 9.17) is 10.5 Å². The van der Waals surface area contributed by atoms with Crippen molar-refractivity contribution in [2.45, 2.75) is 71.6 Å². The normalized spacial score (nSPS) is 12.2. The smallest absolute Gasteiger partial charge is 0.220 e. The molecule has 0 radical (unpaired) electrons. The molecule has 0 heterocycles. The van der Waals surface area contributed by atoms with Crippen molar-refractivity contribution in [3.05, 3.63) is 28.8 Å². The van der Waals surface area contributed by atoms with Crippen LogP contribution < -0.4 is 15.8 Å². The van der Waals surface area contributed by atoms with Crippen molar-refractivity contribution >= 4 is 5.91 Å². The average molecular weight is 349 g/mol. The molecule has 1 aromatic carbocycles. The Morgan fingerprint density at radius 3 is 2.00 bits per heavy atom. The Morgan fingerprint density at radius 1 is 1.08 bits per heavy atom. The first kappa shape index (κ1) is 21.5. The van der Waals surface area contributed by atoms with E-state index in [1.54, 1.807) is 7.11 Å². The molecule has 3 N–H and O–H groups in total. The summed E-state index contributed by atoms with van der Waals surface area (Å²) < 4.78 is 5.78. The Hall–Kier alpha value is -1.55. The fourth-order valence-electron chi connectivity index (χ4n) is 2.84. The first-order valence-corrected chi connectivity index (χ1v) is 9.19. The minimum absolute atomic E-state index is 0.0231. The standard InChI is InChI=1S/C21H36N2O2/c1-20(2,3)16-13-15(9-10-18(24)23-12-8-11-22)14-17(19(16)25-7)21(4,5)6/h13-14H,8-12,22H2,1-7H3,(H,23,24). The van der Waals surface area contributed by atoms with Crippen molar-refractivity contribution in [2.75, 3.05) is 20.2 Å². The van der Waals surface area contributed by atoms with Crippen molar-refractivity contribution in [3.8, 4) is 5.75 Å². The third-order valence-electron chi connectivity index (χ3n) is 4.31. The third kappa shape index (κ3) is 6.35. The van der Waals surface area contributed by atoms with Gasteiger partial charge in [-0.2, -0.15) is 0 Å². The van der Waals surface area contributed by atoms with Crippen molar-refractivity contribution in [3.63, 3.8) is 0 Å². The molecule has 1 aromatic rings. The molecule has 4 nitrogen and oxygen atoms in total. The minimum atomic E-state index is -0.0231. The van der Waals surface area contributed by atoms with E-state index >= 15 is 0 Å². The summed E-state index contributed by atoms with van der Waals surface area (Å²) >= 11 is 0. The summed E-state index contributed by atoms with van der Waals surface area (Å²) in [5, 5.41) is 2.92. The molecule has 1 amide bonds. The molecule has 0 saturated heterocycles. The maximum Gasteiger partial charge on any atom is 0.220 e. The highest BCUT2D eigenvalue weighted by Crippen LogP contribution is 2.40. The number of hydrogen-bond acceptors (Lipinski definition) is 3. The van der Waals surface area contributed by atoms with E-state index in [1.807, 2.05) is 0 Å². The molecule has 0 aliphatic rings. The monoisotopic (exact) mass is 348 g/mol. The Bertz CT molecular complexity index is 546. The molecule has 4 heteroatoms. The number of ether oxygens (including phenoxy) is 1. The highest BCUT2D eigenvalue weighted by Gasteiger charge is 2.27. The molecule has 0 atom stereocenters. The van der Waals surface area contributed by atoms with Crippen molar-refractivity contribution in [1.82, 2.24) is 5.32 Å². The van der Waals surface area contributed by atoms with Gasteiger partial charge in [0, 0.05) is 24.1 Å². The molecule has 0 unspecified atom stereocenters. The number of nitrogens with one attached hydrogen (secondary N) is 1. The van der Waals surface area contributed by atoms with Gasteiger partial charge >= 0.3 is 0 Å². The average Bonchev–Trinajstić information content (AvgIpc) is 2.50. The lowest BCUT2D eigenvalue weighted by Gasteiger charge is -2.30. The molecule has 0 saturated carbocycles. The van der Waals surface area contributed by atoms with Gasteiger partial charge < -0.3 is 15.8 Å². The number of benzene rings is 1. The fourth-order valence-corrected chi connectivity index (χ4v) is 2.84. The van der Waals surface area contributed by atoms with Crippen molar-refractivity contribution in [2.24, 2.45) is 5.73 Å². The number of nitrogens with two attached hydrogens (primary N) is 1. The predicted octanol–water partition coefficient (Wildman–Crippen LogP) is 3.69. The van der Waals surface area contributed by atoms with Crippen LogP contribution >= 0.6 is 0 Å². The summed E-state index contributed by atoms with van der Waals surface area (Å²) in [5.41, 5.74) is 8.99. The summed E-state index contributed by atoms with van der Waals surface area (Å²) in [6.45, 7) is 14.4. The number of rotatable bonds is 7. The largest absolute Gasteiger partial charge is 0.496 e. The molecule has 0 bridgehead atoms. The number of methoxy groups -OCH3 is 1. The van der Waals surface area contributed by atoms with Crippen molar-refractivity contribution in [1.29, 1.82) is 0 Å². The van der Waals surface area contributed by atoms with Gasteiger partial charge in [0.25, 0.3) is 0 Å². The van der Waals surface area contributed by atoms with E-state index in [0.29, 0.717) is 19.5 Å². The Morgan fingerprint density at radius 2 is 1.60 bits per heavy atom. The van der Waals surface area contributed by atoms with E-state index in [0.717, 1.165) is 18.6 Å². The molecule has 0 aliphatic heterocycles. The van der Waals surface area contributed by atoms with Crippen LogP contribution in [0.3, 0.4) is 0 Å². The lowest BCUT2D eigenvalue weighted by Crippen LogP contribution is -2.26. The molecule has 0 aromatic heterocycles. The van der Waals surface area contributed by atoms with Crippen LogP contribution in [-0.2, 0) is 22.0 Å². The van der Waals surface area contributed by atoms with Crippen LogP contribution in [-0.4, -0.2) is 26.1 Å². The van der Waals surface area contributed by atoms with Gasteiger partial charge in [0.05, 0.1) is 7.11 Å². The maximum absolute atomic E-state index is 12.0. The number of hydrogen-bond donors (Lipinski definition) is 2. The van der Waals surface area contributed by atoms with Crippen LogP contribution in [0.2, 0.25) is 0 Å². The second-order valence-corrected chi connectivity index (χ2v) is 8.72. The molecule has 0 aliphatic carbocycles. The van der Waals surface area contributed by atoms with E-state index < -0.39 is 0 Å². The zero-order valence-electron chi connectivity index (χ0n) is 17.1. The molecule has 25 heavy (non-hydrogen) atoms. The van der Waals surface area contributed by atoms with Crippen molar-refractivity contribution < 1.29 is 9.53 Å². The van der Waals surface area contributed by atoms with Crippen LogP contribution in [0.4, 0.5) is 0 Å². The topological polar surface area (TPSA) is 64.3 Å². The zero-order chi connectivity index (χ0) is 19.3. The van der Waals surface area contributed by atoms with Gasteiger partial charge in [0.1, 0.15) is 5.75 Å². The molecule has 1 rings (SSSR count). The van der Waals surface area contributed by atoms with Gasteiger partial charge in [-0.25, -0.2) is 0 Å². The number of aryl methyl sites for hydroxylation is 1. The van der Waals surface area contributed by atoms with Crippen LogP contribution in [0.1, 0.15) is 71.1 Å². The van der Waals surface area contributed by atoms with E-state index in [2.05, 4.69) is 59.0 Å². The van der Waals surface area contributed by atoms with Gasteiger partial charge in [-0.3, -0.25) is 4.79 Å². The molecule has 0 spiro atoms. The summed E-state index contributed by atoms with van der Waals surface area (Å²) in [4.78, 5) is 12.0. The lowest BCUT2D eigenvalue weighted by molar-refractivity contribution is -0.121. The Labute approximate surface area is 153 Å². The first-order valence-electron chi connectivity index (χ1n) is 9.19. The number of amides is 1. The van der Waals surface area contributed by atoms with E-state index in [1.165, 1.54) is 16.7 Å². The summed E-state index contributed by atoms with van der Waals surface area (Å²) in [7, 11) is 1.74. The highest BCUT2D eigenvalue weighted by atomic mass is 16.5. The lowest BCUT2D eigenvalue weighted by atomic mass is 9.78. The molecular formula is C21H36N2O2. The quantitative estimate of drug-likeness (QED) is 0.739. The Kier molecular flexibility index (Phi) is 7.48. The SMILES string of the molecule is COc1c(C(C)(C)C)cc(CCC(=O)NCCCN)cc1C(C)(C)C. The molecule has 142 valence electrons. The fraction of sp³-hybridized carbons (Fsp3) is 0.667. The van der Waals surface area contributed by atoms with Crippen LogP contribution in [0, 0.1) is 0 Å². The Balaban J connectivity index is 3.10. The predicted molar refractivity (Wildman–Crippen MR) is 105 cm³/mol. The van der Waals surface area contributed by atoms with Crippen LogP contribution in [0.15, 0.2) is 12.1 Å². The van der Waals surface area contributed by atoms with Gasteiger partial charge in [-0.05, 0) is 35.8 Å². The summed E-state index contributed by atoms with van der Waals surface area (Å²) in [6.07, 6.45) is 2.03. The minimum Gasteiger partial charge on any atom is -0.496 e. The number of carbonyl (C=O) groups is 1. The maximum atomic E-state index is 12.0. The third-order valence-corrected chi connectivity index (χ3v) is 4.31. The van der Waals surface area contributed by atoms with Gasteiger partial charge in [-0.1, -0.05) is 53.7 Å². The summed E-state index contributed by atoms with van der Waals surface area (Å²) in [6, 6.07) is 4.39. The second kappa shape index (κ2) is 8.70. The van der Waals surface area contributed by atoms with Gasteiger partial charge in [-0.15, -0.1) is 0 Å². The molecule has 0 fully saturated rings. The second-order valence-electron chi connectivity index (χ2n) is 8.72. The zero-order valence-corrected chi connectivity index (χ0v) is 17.1. The molecular weight excluding hydrogens is 312 g/mol. The first-order chi connectivity index (χ1) is 11.5. The van der Waals surface area contributed by atoms with Crippen LogP contribution in [0.5, 0.6) is 5.75 Å². The van der Waals surface area contributed by atoms with Gasteiger partial charge in [0.15, 0.2) is 0 Å². The van der Waals surface area contributed by atoms with E-state index in [9.17, 15) is 4.79 Å². The van der Waals surface area contributed by atoms with Gasteiger partial charge in [0.2, 0.25) is 5.91 Å². The highest BCUT2D eigenvalue weighted by molar-refractivity contribution is 5.76. The number of carbonyl (C=O) groups excluding carboxylic acids is 1. The summed E-state index contributed by atoms with van der Waals surface area (Å²) in [5.74, 6) is 1.05. The van der Waals surface area contributed by atoms with Crippen LogP contribution in [0.25, 0.3) is 0 Å².